The molecule has 0 aliphatic heterocycles. The van der Waals surface area contributed by atoms with Gasteiger partial charge in [-0.25, -0.2) is 13.1 Å². The van der Waals surface area contributed by atoms with Gasteiger partial charge < -0.3 is 15.4 Å². The third kappa shape index (κ3) is 7.99. The zero-order chi connectivity index (χ0) is 24.8. The Morgan fingerprint density at radius 1 is 0.939 bits per heavy atom. The molecule has 1 unspecified atom stereocenters. The number of nitrogens with one attached hydrogen (secondary N) is 3. The molecule has 2 aromatic rings. The number of benzene rings is 2. The van der Waals surface area contributed by atoms with E-state index in [9.17, 15) is 22.8 Å². The highest BCUT2D eigenvalue weighted by atomic mass is 32.2. The van der Waals surface area contributed by atoms with Crippen molar-refractivity contribution in [3.05, 3.63) is 59.2 Å². The van der Waals surface area contributed by atoms with Crippen molar-refractivity contribution in [2.24, 2.45) is 0 Å². The van der Waals surface area contributed by atoms with E-state index in [1.54, 1.807) is 26.0 Å². The smallest absolute Gasteiger partial charge is 0.326 e. The average Bonchev–Trinajstić information content (AvgIpc) is 2.70. The van der Waals surface area contributed by atoms with Crippen LogP contribution < -0.4 is 15.4 Å². The first-order valence-electron chi connectivity index (χ1n) is 10.4. The Hall–Kier alpha value is -3.24. The minimum absolute atomic E-state index is 0.0632. The molecule has 0 radical (unpaired) electrons. The zero-order valence-corrected chi connectivity index (χ0v) is 20.1. The maximum atomic E-state index is 12.3. The number of esters is 1. The summed E-state index contributed by atoms with van der Waals surface area (Å²) in [5, 5.41) is 5.02. The fourth-order valence-electron chi connectivity index (χ4n) is 2.99. The van der Waals surface area contributed by atoms with Crippen molar-refractivity contribution in [2.45, 2.75) is 51.7 Å². The van der Waals surface area contributed by atoms with E-state index in [-0.39, 0.29) is 10.9 Å². The molecule has 0 fully saturated rings. The molecule has 0 bridgehead atoms. The van der Waals surface area contributed by atoms with Crippen LogP contribution in [0.3, 0.4) is 0 Å². The molecule has 2 aromatic carbocycles. The minimum Gasteiger partial charge on any atom is -0.451 e. The normalized spacial score (nSPS) is 12.2. The number of hydrogen-bond acceptors (Lipinski definition) is 6. The van der Waals surface area contributed by atoms with Gasteiger partial charge in [-0.1, -0.05) is 17.2 Å². The molecule has 9 nitrogen and oxygen atoms in total. The summed E-state index contributed by atoms with van der Waals surface area (Å²) in [5.41, 5.74) is 2.62. The van der Waals surface area contributed by atoms with Gasteiger partial charge in [-0.2, -0.15) is 0 Å². The van der Waals surface area contributed by atoms with Crippen LogP contribution >= 0.6 is 0 Å². The summed E-state index contributed by atoms with van der Waals surface area (Å²) < 4.78 is 31.8. The number of carbonyl (C=O) groups excluding carboxylic acids is 3. The Labute approximate surface area is 194 Å². The van der Waals surface area contributed by atoms with Crippen LogP contribution in [0.1, 0.15) is 42.3 Å². The third-order valence-corrected chi connectivity index (χ3v) is 6.05. The van der Waals surface area contributed by atoms with E-state index in [2.05, 4.69) is 15.4 Å². The monoisotopic (exact) mass is 475 g/mol. The summed E-state index contributed by atoms with van der Waals surface area (Å²) in [6.07, 6.45) is -1.12. The van der Waals surface area contributed by atoms with E-state index in [0.717, 1.165) is 11.1 Å². The molecule has 0 aromatic heterocycles. The highest BCUT2D eigenvalue weighted by Gasteiger charge is 2.20. The molecule has 3 N–H and O–H groups in total. The lowest BCUT2D eigenvalue weighted by Gasteiger charge is -2.14. The molecule has 1 atom stereocenters. The Balaban J connectivity index is 1.87. The molecule has 2 rings (SSSR count). The van der Waals surface area contributed by atoms with Crippen molar-refractivity contribution in [1.82, 2.24) is 10.0 Å². The van der Waals surface area contributed by atoms with Gasteiger partial charge in [0.2, 0.25) is 10.0 Å². The molecular formula is C23H29N3O6S. The molecule has 0 heterocycles. The van der Waals surface area contributed by atoms with Gasteiger partial charge in [-0.05, 0) is 71.0 Å². The number of sulfonamides is 1. The number of carbonyl (C=O) groups is 3. The standard InChI is InChI=1S/C23H29N3O6S/c1-14(2)26-33(30,31)20-8-6-19(7-9-20)25-22(28)17(5)32-21(27)13-24-23(29)18-11-15(3)10-16(4)12-18/h6-12,14,17,26H,13H2,1-5H3,(H,24,29)(H,25,28). The Morgan fingerprint density at radius 2 is 1.52 bits per heavy atom. The first-order valence-corrected chi connectivity index (χ1v) is 11.8. The maximum absolute atomic E-state index is 12.3. The van der Waals surface area contributed by atoms with Crippen LogP contribution in [0.5, 0.6) is 0 Å². The van der Waals surface area contributed by atoms with Gasteiger partial charge in [0.25, 0.3) is 11.8 Å². The Kier molecular flexibility index (Phi) is 8.72. The van der Waals surface area contributed by atoms with Crippen LogP contribution in [0, 0.1) is 13.8 Å². The summed E-state index contributed by atoms with van der Waals surface area (Å²) in [6, 6.07) is 10.7. The lowest BCUT2D eigenvalue weighted by Crippen LogP contribution is -2.35. The van der Waals surface area contributed by atoms with Gasteiger partial charge in [-0.3, -0.25) is 14.4 Å². The van der Waals surface area contributed by atoms with Crippen molar-refractivity contribution in [1.29, 1.82) is 0 Å². The highest BCUT2D eigenvalue weighted by molar-refractivity contribution is 7.89. The molecule has 0 saturated heterocycles. The number of anilines is 1. The van der Waals surface area contributed by atoms with Crippen molar-refractivity contribution in [3.63, 3.8) is 0 Å². The van der Waals surface area contributed by atoms with E-state index >= 15 is 0 Å². The van der Waals surface area contributed by atoms with Gasteiger partial charge in [0.1, 0.15) is 6.54 Å². The number of rotatable bonds is 9. The number of hydrogen-bond donors (Lipinski definition) is 3. The van der Waals surface area contributed by atoms with Crippen molar-refractivity contribution in [3.8, 4) is 0 Å². The van der Waals surface area contributed by atoms with Crippen LogP contribution in [-0.4, -0.2) is 44.9 Å². The Morgan fingerprint density at radius 3 is 2.06 bits per heavy atom. The van der Waals surface area contributed by atoms with Crippen LogP contribution in [0.15, 0.2) is 47.4 Å². The van der Waals surface area contributed by atoms with Crippen LogP contribution in [-0.2, 0) is 24.3 Å². The summed E-state index contributed by atoms with van der Waals surface area (Å²) in [4.78, 5) is 36.6. The van der Waals surface area contributed by atoms with E-state index in [0.29, 0.717) is 11.3 Å². The molecule has 2 amide bonds. The van der Waals surface area contributed by atoms with Gasteiger partial charge >= 0.3 is 5.97 Å². The maximum Gasteiger partial charge on any atom is 0.326 e. The third-order valence-electron chi connectivity index (χ3n) is 4.38. The van der Waals surface area contributed by atoms with Gasteiger partial charge in [0.15, 0.2) is 6.10 Å². The van der Waals surface area contributed by atoms with Crippen LogP contribution in [0.4, 0.5) is 5.69 Å². The minimum atomic E-state index is -3.64. The fourth-order valence-corrected chi connectivity index (χ4v) is 4.24. The second-order valence-corrected chi connectivity index (χ2v) is 9.69. The zero-order valence-electron chi connectivity index (χ0n) is 19.3. The molecule has 0 saturated carbocycles. The molecule has 33 heavy (non-hydrogen) atoms. The van der Waals surface area contributed by atoms with Crippen LogP contribution in [0.25, 0.3) is 0 Å². The number of aryl methyl sites for hydroxylation is 2. The highest BCUT2D eigenvalue weighted by Crippen LogP contribution is 2.15. The molecule has 0 aliphatic carbocycles. The van der Waals surface area contributed by atoms with Gasteiger partial charge in [-0.15, -0.1) is 0 Å². The van der Waals surface area contributed by atoms with E-state index in [1.807, 2.05) is 19.9 Å². The van der Waals surface area contributed by atoms with Crippen molar-refractivity contribution in [2.75, 3.05) is 11.9 Å². The molecular weight excluding hydrogens is 446 g/mol. The van der Waals surface area contributed by atoms with E-state index in [1.165, 1.54) is 31.2 Å². The van der Waals surface area contributed by atoms with Crippen molar-refractivity contribution >= 4 is 33.5 Å². The fraction of sp³-hybridized carbons (Fsp3) is 0.348. The average molecular weight is 476 g/mol. The van der Waals surface area contributed by atoms with E-state index < -0.39 is 40.5 Å². The van der Waals surface area contributed by atoms with Gasteiger partial charge in [0, 0.05) is 17.3 Å². The van der Waals surface area contributed by atoms with Crippen molar-refractivity contribution < 1.29 is 27.5 Å². The summed E-state index contributed by atoms with van der Waals surface area (Å²) in [6.45, 7) is 8.16. The van der Waals surface area contributed by atoms with E-state index in [4.69, 9.17) is 4.74 Å². The molecule has 10 heteroatoms. The predicted molar refractivity (Wildman–Crippen MR) is 124 cm³/mol. The molecule has 0 spiro atoms. The second-order valence-electron chi connectivity index (χ2n) is 7.98. The SMILES string of the molecule is Cc1cc(C)cc(C(=O)NCC(=O)OC(C)C(=O)Nc2ccc(S(=O)(=O)NC(C)C)cc2)c1. The number of amides is 2. The second kappa shape index (κ2) is 11.1. The lowest BCUT2D eigenvalue weighted by molar-refractivity contribution is -0.152. The predicted octanol–water partition coefficient (Wildman–Crippen LogP) is 2.29. The Bertz CT molecular complexity index is 1110. The summed E-state index contributed by atoms with van der Waals surface area (Å²) in [7, 11) is -3.64. The molecule has 178 valence electrons. The lowest BCUT2D eigenvalue weighted by atomic mass is 10.1. The topological polar surface area (TPSA) is 131 Å². The van der Waals surface area contributed by atoms with Crippen LogP contribution in [0.2, 0.25) is 0 Å². The number of ether oxygens (including phenoxy) is 1. The first-order chi connectivity index (χ1) is 15.4. The summed E-state index contributed by atoms with van der Waals surface area (Å²) in [5.74, 6) is -1.78. The quantitative estimate of drug-likeness (QED) is 0.477. The van der Waals surface area contributed by atoms with Gasteiger partial charge in [0.05, 0.1) is 4.90 Å². The largest absolute Gasteiger partial charge is 0.451 e. The molecule has 0 aliphatic rings. The first kappa shape index (κ1) is 26.0. The summed E-state index contributed by atoms with van der Waals surface area (Å²) >= 11 is 0.